The SMILES string of the molecule is Cc1ccc(C(C)C)cc1-c1c2ccc(-c3ccccc3)cc2cc[n+]1C. The first-order valence-corrected chi connectivity index (χ1v) is 9.63. The molecule has 0 aliphatic rings. The van der Waals surface area contributed by atoms with Crippen molar-refractivity contribution in [3.63, 3.8) is 0 Å². The Morgan fingerprint density at radius 1 is 0.778 bits per heavy atom. The van der Waals surface area contributed by atoms with Crippen molar-refractivity contribution in [3.05, 3.63) is 90.1 Å². The highest BCUT2D eigenvalue weighted by molar-refractivity contribution is 5.96. The average Bonchev–Trinajstić information content (AvgIpc) is 2.69. The van der Waals surface area contributed by atoms with Crippen molar-refractivity contribution in [2.24, 2.45) is 7.05 Å². The van der Waals surface area contributed by atoms with Crippen LogP contribution in [-0.4, -0.2) is 0 Å². The molecule has 0 N–H and O–H groups in total. The van der Waals surface area contributed by atoms with Crippen molar-refractivity contribution >= 4 is 10.8 Å². The zero-order valence-electron chi connectivity index (χ0n) is 16.5. The van der Waals surface area contributed by atoms with Gasteiger partial charge in [0.25, 0.3) is 0 Å². The van der Waals surface area contributed by atoms with Crippen molar-refractivity contribution in [1.29, 1.82) is 0 Å². The lowest BCUT2D eigenvalue weighted by molar-refractivity contribution is -0.659. The average molecular weight is 353 g/mol. The van der Waals surface area contributed by atoms with Gasteiger partial charge < -0.3 is 0 Å². The number of hydrogen-bond acceptors (Lipinski definition) is 0. The van der Waals surface area contributed by atoms with Crippen LogP contribution in [0.15, 0.2) is 79.0 Å². The van der Waals surface area contributed by atoms with Gasteiger partial charge in [0.15, 0.2) is 6.20 Å². The first kappa shape index (κ1) is 17.5. The van der Waals surface area contributed by atoms with Crippen molar-refractivity contribution in [2.45, 2.75) is 26.7 Å². The Balaban J connectivity index is 1.94. The highest BCUT2D eigenvalue weighted by atomic mass is 14.9. The second kappa shape index (κ2) is 7.00. The van der Waals surface area contributed by atoms with E-state index in [4.69, 9.17) is 0 Å². The van der Waals surface area contributed by atoms with Gasteiger partial charge in [0.05, 0.1) is 5.39 Å². The van der Waals surface area contributed by atoms with Gasteiger partial charge in [-0.3, -0.25) is 0 Å². The molecule has 1 nitrogen and oxygen atoms in total. The smallest absolute Gasteiger partial charge is 0.200 e. The van der Waals surface area contributed by atoms with Crippen LogP contribution in [0.5, 0.6) is 0 Å². The third kappa shape index (κ3) is 3.26. The highest BCUT2D eigenvalue weighted by Gasteiger charge is 2.18. The number of benzene rings is 3. The summed E-state index contributed by atoms with van der Waals surface area (Å²) in [5.74, 6) is 0.523. The lowest BCUT2D eigenvalue weighted by Gasteiger charge is -2.12. The van der Waals surface area contributed by atoms with E-state index in [2.05, 4.69) is 111 Å². The van der Waals surface area contributed by atoms with E-state index in [1.165, 1.54) is 44.3 Å². The monoisotopic (exact) mass is 352 g/mol. The normalized spacial score (nSPS) is 11.3. The Kier molecular flexibility index (Phi) is 4.53. The van der Waals surface area contributed by atoms with E-state index in [1.54, 1.807) is 0 Å². The number of aryl methyl sites for hydroxylation is 2. The van der Waals surface area contributed by atoms with Crippen LogP contribution in [0, 0.1) is 6.92 Å². The van der Waals surface area contributed by atoms with Crippen LogP contribution in [0.4, 0.5) is 0 Å². The number of nitrogens with zero attached hydrogens (tertiary/aromatic N) is 1. The lowest BCUT2D eigenvalue weighted by atomic mass is 9.93. The molecule has 0 aliphatic carbocycles. The van der Waals surface area contributed by atoms with Crippen LogP contribution in [0.1, 0.15) is 30.9 Å². The van der Waals surface area contributed by atoms with Gasteiger partial charge in [0.2, 0.25) is 5.69 Å². The number of pyridine rings is 1. The van der Waals surface area contributed by atoms with Crippen LogP contribution in [0.3, 0.4) is 0 Å². The molecule has 0 radical (unpaired) electrons. The molecule has 1 aromatic heterocycles. The van der Waals surface area contributed by atoms with Gasteiger partial charge in [-0.05, 0) is 58.7 Å². The predicted octanol–water partition coefficient (Wildman–Crippen LogP) is 6.43. The molecule has 1 heterocycles. The third-order valence-electron chi connectivity index (χ3n) is 5.43. The molecule has 134 valence electrons. The lowest BCUT2D eigenvalue weighted by Crippen LogP contribution is -2.30. The molecule has 4 aromatic rings. The van der Waals surface area contributed by atoms with Crippen molar-refractivity contribution in [3.8, 4) is 22.4 Å². The van der Waals surface area contributed by atoms with Crippen LogP contribution >= 0.6 is 0 Å². The molecule has 0 aliphatic heterocycles. The molecule has 0 atom stereocenters. The zero-order valence-corrected chi connectivity index (χ0v) is 16.5. The summed E-state index contributed by atoms with van der Waals surface area (Å²) in [6.07, 6.45) is 2.17. The van der Waals surface area contributed by atoms with Crippen molar-refractivity contribution in [1.82, 2.24) is 0 Å². The van der Waals surface area contributed by atoms with Gasteiger partial charge in [0.1, 0.15) is 7.05 Å². The van der Waals surface area contributed by atoms with Gasteiger partial charge in [-0.15, -0.1) is 0 Å². The number of aromatic nitrogens is 1. The van der Waals surface area contributed by atoms with Gasteiger partial charge in [-0.25, -0.2) is 4.57 Å². The minimum atomic E-state index is 0.523. The maximum Gasteiger partial charge on any atom is 0.220 e. The summed E-state index contributed by atoms with van der Waals surface area (Å²) in [4.78, 5) is 0. The molecule has 0 amide bonds. The van der Waals surface area contributed by atoms with E-state index >= 15 is 0 Å². The molecular formula is C26H26N+. The van der Waals surface area contributed by atoms with Gasteiger partial charge >= 0.3 is 0 Å². The molecule has 0 fully saturated rings. The van der Waals surface area contributed by atoms with E-state index in [-0.39, 0.29) is 0 Å². The maximum atomic E-state index is 2.36. The van der Waals surface area contributed by atoms with E-state index in [0.717, 1.165) is 0 Å². The van der Waals surface area contributed by atoms with Gasteiger partial charge in [-0.1, -0.05) is 62.4 Å². The molecule has 4 rings (SSSR count). The van der Waals surface area contributed by atoms with Crippen molar-refractivity contribution < 1.29 is 4.57 Å². The highest BCUT2D eigenvalue weighted by Crippen LogP contribution is 2.32. The molecule has 27 heavy (non-hydrogen) atoms. The Hall–Kier alpha value is -2.93. The minimum absolute atomic E-state index is 0.523. The topological polar surface area (TPSA) is 3.88 Å². The molecule has 0 saturated carbocycles. The fraction of sp³-hybridized carbons (Fsp3) is 0.192. The van der Waals surface area contributed by atoms with Crippen LogP contribution in [-0.2, 0) is 7.05 Å². The number of fused-ring (bicyclic) bond motifs is 1. The first-order valence-electron chi connectivity index (χ1n) is 9.63. The molecule has 0 saturated heterocycles. The van der Waals surface area contributed by atoms with E-state index < -0.39 is 0 Å². The summed E-state index contributed by atoms with van der Waals surface area (Å²) < 4.78 is 2.25. The Morgan fingerprint density at radius 3 is 2.30 bits per heavy atom. The van der Waals surface area contributed by atoms with Crippen LogP contribution in [0.25, 0.3) is 33.2 Å². The molecule has 1 heteroatoms. The standard InChI is InChI=1S/C26H26N/c1-18(2)21-11-10-19(3)25(17-21)26-24-13-12-22(20-8-6-5-7-9-20)16-23(24)14-15-27(26)4/h5-18H,1-4H3/q+1. The van der Waals surface area contributed by atoms with E-state index in [1.807, 2.05) is 0 Å². The summed E-state index contributed by atoms with van der Waals surface area (Å²) in [5.41, 5.74) is 7.82. The molecule has 3 aromatic carbocycles. The molecular weight excluding hydrogens is 326 g/mol. The van der Waals surface area contributed by atoms with Crippen molar-refractivity contribution in [2.75, 3.05) is 0 Å². The zero-order chi connectivity index (χ0) is 19.0. The Morgan fingerprint density at radius 2 is 1.56 bits per heavy atom. The third-order valence-corrected chi connectivity index (χ3v) is 5.43. The molecule has 0 spiro atoms. The summed E-state index contributed by atoms with van der Waals surface area (Å²) in [7, 11) is 2.14. The Labute approximate surface area is 161 Å². The van der Waals surface area contributed by atoms with Gasteiger partial charge in [0, 0.05) is 11.6 Å². The Bertz CT molecular complexity index is 1110. The number of hydrogen-bond donors (Lipinski definition) is 0. The number of rotatable bonds is 3. The van der Waals surface area contributed by atoms with Crippen LogP contribution < -0.4 is 4.57 Å². The minimum Gasteiger partial charge on any atom is -0.200 e. The van der Waals surface area contributed by atoms with Crippen LogP contribution in [0.2, 0.25) is 0 Å². The fourth-order valence-corrected chi connectivity index (χ4v) is 3.77. The van der Waals surface area contributed by atoms with E-state index in [0.29, 0.717) is 5.92 Å². The second-order valence-electron chi connectivity index (χ2n) is 7.67. The van der Waals surface area contributed by atoms with E-state index in [9.17, 15) is 0 Å². The summed E-state index contributed by atoms with van der Waals surface area (Å²) >= 11 is 0. The predicted molar refractivity (Wildman–Crippen MR) is 115 cm³/mol. The quantitative estimate of drug-likeness (QED) is 0.374. The summed E-state index contributed by atoms with van der Waals surface area (Å²) in [6.45, 7) is 6.71. The second-order valence-corrected chi connectivity index (χ2v) is 7.67. The molecule has 0 bridgehead atoms. The van der Waals surface area contributed by atoms with Gasteiger partial charge in [-0.2, -0.15) is 0 Å². The summed E-state index contributed by atoms with van der Waals surface area (Å²) in [6, 6.07) is 26.5. The molecule has 0 unspecified atom stereocenters. The first-order chi connectivity index (χ1) is 13.0. The summed E-state index contributed by atoms with van der Waals surface area (Å²) in [5, 5.41) is 2.57. The fourth-order valence-electron chi connectivity index (χ4n) is 3.77. The largest absolute Gasteiger partial charge is 0.220 e. The maximum absolute atomic E-state index is 2.36.